The molecule has 5 heteroatoms. The van der Waals surface area contributed by atoms with Crippen LogP contribution in [-0.4, -0.2) is 21.6 Å². The van der Waals surface area contributed by atoms with E-state index in [2.05, 4.69) is 28.4 Å². The second-order valence-electron chi connectivity index (χ2n) is 3.99. The van der Waals surface area contributed by atoms with Crippen LogP contribution in [0.25, 0.3) is 11.2 Å². The summed E-state index contributed by atoms with van der Waals surface area (Å²) in [5, 5.41) is 0. The van der Waals surface area contributed by atoms with Gasteiger partial charge in [0.2, 0.25) is 5.88 Å². The zero-order valence-corrected chi connectivity index (χ0v) is 11.0. The summed E-state index contributed by atoms with van der Waals surface area (Å²) in [6, 6.07) is 4.05. The molecule has 17 heavy (non-hydrogen) atoms. The molecular weight excluding hydrogens is 238 g/mol. The Balaban J connectivity index is 2.66. The third-order valence-electron chi connectivity index (χ3n) is 2.95. The normalized spacial score (nSPS) is 12.9. The van der Waals surface area contributed by atoms with Crippen molar-refractivity contribution >= 4 is 22.8 Å². The number of halogens is 1. The highest BCUT2D eigenvalue weighted by molar-refractivity contribution is 6.16. The standard InChI is InChI=1S/C12H16ClN3O/c1-4-8(2)16-10(7-13)14-9-5-6-11(17-3)15-12(9)16/h5-6,8H,4,7H2,1-3H3. The molecule has 92 valence electrons. The summed E-state index contributed by atoms with van der Waals surface area (Å²) in [6.45, 7) is 4.27. The molecule has 2 heterocycles. The van der Waals surface area contributed by atoms with E-state index in [1.807, 2.05) is 12.1 Å². The van der Waals surface area contributed by atoms with Gasteiger partial charge in [-0.15, -0.1) is 11.6 Å². The first kappa shape index (κ1) is 12.2. The maximum absolute atomic E-state index is 5.94. The number of hydrogen-bond acceptors (Lipinski definition) is 3. The van der Waals surface area contributed by atoms with Crippen molar-refractivity contribution in [2.24, 2.45) is 0 Å². The number of methoxy groups -OCH3 is 1. The number of fused-ring (bicyclic) bond motifs is 1. The highest BCUT2D eigenvalue weighted by Gasteiger charge is 2.15. The summed E-state index contributed by atoms with van der Waals surface area (Å²) in [6.07, 6.45) is 1.01. The molecule has 0 aromatic carbocycles. The van der Waals surface area contributed by atoms with Gasteiger partial charge in [0.1, 0.15) is 11.3 Å². The summed E-state index contributed by atoms with van der Waals surface area (Å²) in [5.41, 5.74) is 1.70. The van der Waals surface area contributed by atoms with E-state index < -0.39 is 0 Å². The molecule has 0 aliphatic heterocycles. The number of nitrogens with zero attached hydrogens (tertiary/aromatic N) is 3. The van der Waals surface area contributed by atoms with Crippen LogP contribution >= 0.6 is 11.6 Å². The molecule has 2 aromatic heterocycles. The smallest absolute Gasteiger partial charge is 0.215 e. The number of alkyl halides is 1. The monoisotopic (exact) mass is 253 g/mol. The maximum Gasteiger partial charge on any atom is 0.215 e. The van der Waals surface area contributed by atoms with Crippen LogP contribution in [0.1, 0.15) is 32.1 Å². The molecule has 0 spiro atoms. The summed E-state index contributed by atoms with van der Waals surface area (Å²) < 4.78 is 7.24. The van der Waals surface area contributed by atoms with E-state index in [4.69, 9.17) is 16.3 Å². The fourth-order valence-electron chi connectivity index (χ4n) is 1.86. The third-order valence-corrected chi connectivity index (χ3v) is 3.18. The predicted molar refractivity (Wildman–Crippen MR) is 68.6 cm³/mol. The molecule has 0 fully saturated rings. The lowest BCUT2D eigenvalue weighted by Crippen LogP contribution is -2.08. The molecule has 1 unspecified atom stereocenters. The van der Waals surface area contributed by atoms with E-state index >= 15 is 0 Å². The molecule has 0 bridgehead atoms. The van der Waals surface area contributed by atoms with Gasteiger partial charge in [-0.25, -0.2) is 4.98 Å². The number of ether oxygens (including phenoxy) is 1. The lowest BCUT2D eigenvalue weighted by molar-refractivity contribution is 0.398. The molecule has 0 radical (unpaired) electrons. The van der Waals surface area contributed by atoms with E-state index in [1.165, 1.54) is 0 Å². The van der Waals surface area contributed by atoms with Gasteiger partial charge in [-0.2, -0.15) is 4.98 Å². The van der Waals surface area contributed by atoms with Gasteiger partial charge in [-0.05, 0) is 19.4 Å². The van der Waals surface area contributed by atoms with Crippen molar-refractivity contribution in [2.45, 2.75) is 32.2 Å². The van der Waals surface area contributed by atoms with E-state index in [0.717, 1.165) is 23.4 Å². The van der Waals surface area contributed by atoms with E-state index in [9.17, 15) is 0 Å². The van der Waals surface area contributed by atoms with Crippen molar-refractivity contribution < 1.29 is 4.74 Å². The van der Waals surface area contributed by atoms with Crippen molar-refractivity contribution in [3.8, 4) is 5.88 Å². The minimum atomic E-state index is 0.327. The van der Waals surface area contributed by atoms with Crippen molar-refractivity contribution in [1.29, 1.82) is 0 Å². The molecule has 0 amide bonds. The second-order valence-corrected chi connectivity index (χ2v) is 4.25. The Morgan fingerprint density at radius 3 is 2.76 bits per heavy atom. The molecule has 0 saturated heterocycles. The van der Waals surface area contributed by atoms with Crippen LogP contribution in [-0.2, 0) is 5.88 Å². The summed E-state index contributed by atoms with van der Waals surface area (Å²) in [5.74, 6) is 1.85. The van der Waals surface area contributed by atoms with Crippen LogP contribution in [0, 0.1) is 0 Å². The zero-order valence-electron chi connectivity index (χ0n) is 10.3. The van der Waals surface area contributed by atoms with Crippen molar-refractivity contribution in [3.05, 3.63) is 18.0 Å². The maximum atomic E-state index is 5.94. The van der Waals surface area contributed by atoms with Crippen molar-refractivity contribution in [2.75, 3.05) is 7.11 Å². The van der Waals surface area contributed by atoms with Gasteiger partial charge < -0.3 is 9.30 Å². The summed E-state index contributed by atoms with van der Waals surface area (Å²) in [4.78, 5) is 8.94. The Kier molecular flexibility index (Phi) is 3.52. The van der Waals surface area contributed by atoms with Crippen LogP contribution in [0.15, 0.2) is 12.1 Å². The van der Waals surface area contributed by atoms with Crippen LogP contribution < -0.4 is 4.74 Å². The Labute approximate surface area is 106 Å². The third kappa shape index (κ3) is 2.09. The average Bonchev–Trinajstić information content (AvgIpc) is 2.74. The number of pyridine rings is 1. The Bertz CT molecular complexity index is 524. The van der Waals surface area contributed by atoms with Gasteiger partial charge in [-0.3, -0.25) is 0 Å². The molecule has 0 aliphatic carbocycles. The van der Waals surface area contributed by atoms with Crippen LogP contribution in [0.2, 0.25) is 0 Å². The van der Waals surface area contributed by atoms with Gasteiger partial charge in [0.05, 0.1) is 13.0 Å². The lowest BCUT2D eigenvalue weighted by Gasteiger charge is -2.14. The molecule has 2 aromatic rings. The topological polar surface area (TPSA) is 39.9 Å². The van der Waals surface area contributed by atoms with Crippen molar-refractivity contribution in [1.82, 2.24) is 14.5 Å². The molecule has 1 atom stereocenters. The first-order valence-electron chi connectivity index (χ1n) is 5.69. The molecular formula is C12H16ClN3O. The Hall–Kier alpha value is -1.29. The number of imidazole rings is 1. The van der Waals surface area contributed by atoms with E-state index in [1.54, 1.807) is 7.11 Å². The average molecular weight is 254 g/mol. The predicted octanol–water partition coefficient (Wildman–Crippen LogP) is 3.15. The first-order valence-corrected chi connectivity index (χ1v) is 6.22. The van der Waals surface area contributed by atoms with Crippen molar-refractivity contribution in [3.63, 3.8) is 0 Å². The minimum absolute atomic E-state index is 0.327. The fourth-order valence-corrected chi connectivity index (χ4v) is 2.05. The minimum Gasteiger partial charge on any atom is -0.481 e. The van der Waals surface area contributed by atoms with Gasteiger partial charge in [0.25, 0.3) is 0 Å². The van der Waals surface area contributed by atoms with Gasteiger partial charge in [0, 0.05) is 12.1 Å². The van der Waals surface area contributed by atoms with Gasteiger partial charge in [-0.1, -0.05) is 6.92 Å². The molecule has 0 saturated carbocycles. The van der Waals surface area contributed by atoms with Crippen LogP contribution in [0.5, 0.6) is 5.88 Å². The number of rotatable bonds is 4. The molecule has 0 aliphatic rings. The largest absolute Gasteiger partial charge is 0.481 e. The first-order chi connectivity index (χ1) is 8.21. The fraction of sp³-hybridized carbons (Fsp3) is 0.500. The molecule has 4 nitrogen and oxygen atoms in total. The lowest BCUT2D eigenvalue weighted by atomic mass is 10.2. The van der Waals surface area contributed by atoms with Gasteiger partial charge >= 0.3 is 0 Å². The highest BCUT2D eigenvalue weighted by atomic mass is 35.5. The number of hydrogen-bond donors (Lipinski definition) is 0. The number of aromatic nitrogens is 3. The Morgan fingerprint density at radius 1 is 1.41 bits per heavy atom. The molecule has 2 rings (SSSR count). The van der Waals surface area contributed by atoms with E-state index in [0.29, 0.717) is 17.8 Å². The summed E-state index contributed by atoms with van der Waals surface area (Å²) in [7, 11) is 1.61. The summed E-state index contributed by atoms with van der Waals surface area (Å²) >= 11 is 5.94. The highest BCUT2D eigenvalue weighted by Crippen LogP contribution is 2.24. The van der Waals surface area contributed by atoms with Crippen LogP contribution in [0.4, 0.5) is 0 Å². The second kappa shape index (κ2) is 4.92. The Morgan fingerprint density at radius 2 is 2.18 bits per heavy atom. The van der Waals surface area contributed by atoms with Crippen LogP contribution in [0.3, 0.4) is 0 Å². The van der Waals surface area contributed by atoms with Gasteiger partial charge in [0.15, 0.2) is 5.65 Å². The molecule has 0 N–H and O–H groups in total. The quantitative estimate of drug-likeness (QED) is 0.786. The SMILES string of the molecule is CCC(C)n1c(CCl)nc2ccc(OC)nc21. The van der Waals surface area contributed by atoms with E-state index in [-0.39, 0.29) is 0 Å². The zero-order chi connectivity index (χ0) is 12.4.